The van der Waals surface area contributed by atoms with Crippen LogP contribution < -0.4 is 29.6 Å². The van der Waals surface area contributed by atoms with Gasteiger partial charge in [0.15, 0.2) is 23.0 Å². The Labute approximate surface area is 152 Å². The molecule has 26 heavy (non-hydrogen) atoms. The van der Waals surface area contributed by atoms with Crippen molar-refractivity contribution in [2.24, 2.45) is 0 Å². The van der Waals surface area contributed by atoms with Crippen LogP contribution in [0, 0.1) is 0 Å². The number of fused-ring (bicyclic) bond motifs is 1. The number of methoxy groups -OCH3 is 2. The Kier molecular flexibility index (Phi) is 5.68. The van der Waals surface area contributed by atoms with Gasteiger partial charge in [0.1, 0.15) is 13.2 Å². The van der Waals surface area contributed by atoms with E-state index < -0.39 is 0 Å². The number of rotatable bonds is 6. The van der Waals surface area contributed by atoms with E-state index in [0.717, 1.165) is 16.9 Å². The second-order valence-electron chi connectivity index (χ2n) is 5.70. The molecule has 0 saturated heterocycles. The lowest BCUT2D eigenvalue weighted by molar-refractivity contribution is 0.171. The SMILES string of the molecule is COc1ccc(CNC(=O)NCc2ccc3c(c2)OCCO3)cc1OC. The maximum absolute atomic E-state index is 12.0. The Bertz CT molecular complexity index is 733. The first-order valence-electron chi connectivity index (χ1n) is 8.30. The van der Waals surface area contributed by atoms with E-state index in [1.807, 2.05) is 36.4 Å². The van der Waals surface area contributed by atoms with E-state index >= 15 is 0 Å². The first-order chi connectivity index (χ1) is 12.7. The van der Waals surface area contributed by atoms with E-state index in [4.69, 9.17) is 18.9 Å². The smallest absolute Gasteiger partial charge is 0.315 e. The predicted molar refractivity (Wildman–Crippen MR) is 96.1 cm³/mol. The van der Waals surface area contributed by atoms with Gasteiger partial charge >= 0.3 is 6.03 Å². The minimum Gasteiger partial charge on any atom is -0.493 e. The number of carbonyl (C=O) groups is 1. The third-order valence-corrected chi connectivity index (χ3v) is 3.96. The average molecular weight is 358 g/mol. The average Bonchev–Trinajstić information content (AvgIpc) is 2.70. The number of hydrogen-bond acceptors (Lipinski definition) is 5. The van der Waals surface area contributed by atoms with E-state index in [0.29, 0.717) is 43.6 Å². The molecule has 0 spiro atoms. The molecule has 1 aliphatic rings. The number of urea groups is 1. The zero-order valence-electron chi connectivity index (χ0n) is 14.8. The van der Waals surface area contributed by atoms with E-state index in [-0.39, 0.29) is 6.03 Å². The molecule has 7 nitrogen and oxygen atoms in total. The molecule has 2 aromatic carbocycles. The van der Waals surface area contributed by atoms with Crippen molar-refractivity contribution in [2.45, 2.75) is 13.1 Å². The lowest BCUT2D eigenvalue weighted by Crippen LogP contribution is -2.34. The molecule has 0 atom stereocenters. The van der Waals surface area contributed by atoms with Crippen LogP contribution in [0.25, 0.3) is 0 Å². The minimum absolute atomic E-state index is 0.255. The number of nitrogens with one attached hydrogen (secondary N) is 2. The van der Waals surface area contributed by atoms with E-state index in [9.17, 15) is 4.79 Å². The molecule has 2 aromatic rings. The largest absolute Gasteiger partial charge is 0.493 e. The second kappa shape index (κ2) is 8.33. The standard InChI is InChI=1S/C19H22N2O5/c1-23-15-5-3-13(9-17(15)24-2)11-20-19(22)21-12-14-4-6-16-18(10-14)26-8-7-25-16/h3-6,9-10H,7-8,11-12H2,1-2H3,(H2,20,21,22). The normalized spacial score (nSPS) is 12.2. The topological polar surface area (TPSA) is 78.1 Å². The Balaban J connectivity index is 1.50. The minimum atomic E-state index is -0.255. The van der Waals surface area contributed by atoms with Gasteiger partial charge in [0.25, 0.3) is 0 Å². The van der Waals surface area contributed by atoms with Gasteiger partial charge in [-0.1, -0.05) is 12.1 Å². The number of benzene rings is 2. The van der Waals surface area contributed by atoms with Gasteiger partial charge in [-0.25, -0.2) is 4.79 Å². The van der Waals surface area contributed by atoms with Crippen LogP contribution >= 0.6 is 0 Å². The van der Waals surface area contributed by atoms with Crippen molar-refractivity contribution in [1.29, 1.82) is 0 Å². The van der Waals surface area contributed by atoms with Gasteiger partial charge in [0, 0.05) is 13.1 Å². The van der Waals surface area contributed by atoms with Crippen molar-refractivity contribution in [2.75, 3.05) is 27.4 Å². The Morgan fingerprint density at radius 3 is 2.19 bits per heavy atom. The fraction of sp³-hybridized carbons (Fsp3) is 0.316. The van der Waals surface area contributed by atoms with Crippen molar-refractivity contribution in [3.05, 3.63) is 47.5 Å². The molecular weight excluding hydrogens is 336 g/mol. The molecule has 3 rings (SSSR count). The quantitative estimate of drug-likeness (QED) is 0.829. The van der Waals surface area contributed by atoms with Gasteiger partial charge in [-0.15, -0.1) is 0 Å². The highest BCUT2D eigenvalue weighted by Gasteiger charge is 2.12. The van der Waals surface area contributed by atoms with Gasteiger partial charge in [-0.2, -0.15) is 0 Å². The van der Waals surface area contributed by atoms with Gasteiger partial charge < -0.3 is 29.6 Å². The van der Waals surface area contributed by atoms with Crippen LogP contribution in [0.1, 0.15) is 11.1 Å². The molecule has 0 aromatic heterocycles. The summed E-state index contributed by atoms with van der Waals surface area (Å²) in [6.07, 6.45) is 0. The van der Waals surface area contributed by atoms with Gasteiger partial charge in [0.05, 0.1) is 14.2 Å². The van der Waals surface area contributed by atoms with Gasteiger partial charge in [0.2, 0.25) is 0 Å². The van der Waals surface area contributed by atoms with Crippen molar-refractivity contribution in [1.82, 2.24) is 10.6 Å². The molecule has 2 N–H and O–H groups in total. The summed E-state index contributed by atoms with van der Waals surface area (Å²) < 4.78 is 21.5. The Hall–Kier alpha value is -3.09. The summed E-state index contributed by atoms with van der Waals surface area (Å²) in [4.78, 5) is 12.0. The molecule has 138 valence electrons. The molecule has 0 aliphatic carbocycles. The van der Waals surface area contributed by atoms with E-state index in [1.165, 1.54) is 0 Å². The zero-order chi connectivity index (χ0) is 18.4. The summed E-state index contributed by atoms with van der Waals surface area (Å²) in [5, 5.41) is 5.64. The first kappa shape index (κ1) is 17.7. The summed E-state index contributed by atoms with van der Waals surface area (Å²) in [6.45, 7) is 1.88. The van der Waals surface area contributed by atoms with Crippen molar-refractivity contribution in [3.63, 3.8) is 0 Å². The van der Waals surface area contributed by atoms with Crippen LogP contribution in [0.5, 0.6) is 23.0 Å². The third-order valence-electron chi connectivity index (χ3n) is 3.96. The van der Waals surface area contributed by atoms with E-state index in [1.54, 1.807) is 14.2 Å². The molecule has 0 unspecified atom stereocenters. The molecule has 0 radical (unpaired) electrons. The molecule has 2 amide bonds. The Morgan fingerprint density at radius 1 is 0.885 bits per heavy atom. The summed E-state index contributed by atoms with van der Waals surface area (Å²) in [5.41, 5.74) is 1.85. The molecule has 1 aliphatic heterocycles. The highest BCUT2D eigenvalue weighted by atomic mass is 16.6. The van der Waals surface area contributed by atoms with Crippen LogP contribution in [0.4, 0.5) is 4.79 Å². The van der Waals surface area contributed by atoms with Gasteiger partial charge in [-0.3, -0.25) is 0 Å². The molecule has 0 bridgehead atoms. The number of carbonyl (C=O) groups excluding carboxylic acids is 1. The highest BCUT2D eigenvalue weighted by Crippen LogP contribution is 2.30. The fourth-order valence-corrected chi connectivity index (χ4v) is 2.62. The maximum Gasteiger partial charge on any atom is 0.315 e. The number of hydrogen-bond donors (Lipinski definition) is 2. The molecule has 7 heteroatoms. The summed E-state index contributed by atoms with van der Waals surface area (Å²) >= 11 is 0. The lowest BCUT2D eigenvalue weighted by Gasteiger charge is -2.19. The first-order valence-corrected chi connectivity index (χ1v) is 8.30. The van der Waals surface area contributed by atoms with Crippen LogP contribution in [-0.4, -0.2) is 33.5 Å². The van der Waals surface area contributed by atoms with Crippen molar-refractivity contribution >= 4 is 6.03 Å². The zero-order valence-corrected chi connectivity index (χ0v) is 14.8. The molecule has 1 heterocycles. The summed E-state index contributed by atoms with van der Waals surface area (Å²) in [7, 11) is 3.16. The van der Waals surface area contributed by atoms with Crippen molar-refractivity contribution in [3.8, 4) is 23.0 Å². The number of ether oxygens (including phenoxy) is 4. The number of amides is 2. The highest BCUT2D eigenvalue weighted by molar-refractivity contribution is 5.73. The van der Waals surface area contributed by atoms with Crippen LogP contribution in [0.15, 0.2) is 36.4 Å². The van der Waals surface area contributed by atoms with Crippen LogP contribution in [0.3, 0.4) is 0 Å². The predicted octanol–water partition coefficient (Wildman–Crippen LogP) is 2.47. The summed E-state index contributed by atoms with van der Waals surface area (Å²) in [5.74, 6) is 2.72. The molecule has 0 saturated carbocycles. The van der Waals surface area contributed by atoms with Gasteiger partial charge in [-0.05, 0) is 35.4 Å². The fourth-order valence-electron chi connectivity index (χ4n) is 2.62. The summed E-state index contributed by atoms with van der Waals surface area (Å²) in [6, 6.07) is 10.9. The third kappa shape index (κ3) is 4.30. The maximum atomic E-state index is 12.0. The van der Waals surface area contributed by atoms with E-state index in [2.05, 4.69) is 10.6 Å². The lowest BCUT2D eigenvalue weighted by atomic mass is 10.2. The second-order valence-corrected chi connectivity index (χ2v) is 5.70. The molecule has 0 fully saturated rings. The molecular formula is C19H22N2O5. The monoisotopic (exact) mass is 358 g/mol. The van der Waals surface area contributed by atoms with Crippen molar-refractivity contribution < 1.29 is 23.7 Å². The van der Waals surface area contributed by atoms with Crippen LogP contribution in [-0.2, 0) is 13.1 Å². The Morgan fingerprint density at radius 2 is 1.50 bits per heavy atom. The van der Waals surface area contributed by atoms with Crippen LogP contribution in [0.2, 0.25) is 0 Å².